The fourth-order valence-electron chi connectivity index (χ4n) is 1.31. The smallest absolute Gasteiger partial charge is 0.217 e. The number of hydrogen-bond acceptors (Lipinski definition) is 2. The summed E-state index contributed by atoms with van der Waals surface area (Å²) in [5.41, 5.74) is 0.931. The van der Waals surface area contributed by atoms with Gasteiger partial charge in [-0.15, -0.1) is 5.11 Å². The van der Waals surface area contributed by atoms with E-state index >= 15 is 0 Å². The highest BCUT2D eigenvalue weighted by Crippen LogP contribution is 2.31. The number of hydrogen-bond donors (Lipinski definition) is 0. The van der Waals surface area contributed by atoms with E-state index in [9.17, 15) is 0 Å². The third kappa shape index (κ3) is 1.51. The predicted octanol–water partition coefficient (Wildman–Crippen LogP) is 3.02. The molecular formula is C9H8ClN3S. The number of azo groups is 1. The van der Waals surface area contributed by atoms with Gasteiger partial charge in [-0.3, -0.25) is 0 Å². The molecule has 0 saturated heterocycles. The zero-order valence-electron chi connectivity index (χ0n) is 7.51. The molecule has 0 spiro atoms. The summed E-state index contributed by atoms with van der Waals surface area (Å²) in [6.07, 6.45) is -0.170. The number of halogens is 1. The maximum absolute atomic E-state index is 6.05. The van der Waals surface area contributed by atoms with E-state index in [0.717, 1.165) is 5.56 Å². The molecule has 1 aromatic rings. The van der Waals surface area contributed by atoms with E-state index in [1.165, 1.54) is 0 Å². The van der Waals surface area contributed by atoms with Crippen LogP contribution in [0.5, 0.6) is 0 Å². The van der Waals surface area contributed by atoms with Crippen molar-refractivity contribution in [3.05, 3.63) is 34.9 Å². The Bertz CT molecular complexity index is 405. The van der Waals surface area contributed by atoms with Crippen molar-refractivity contribution in [2.75, 3.05) is 7.05 Å². The molecule has 14 heavy (non-hydrogen) atoms. The van der Waals surface area contributed by atoms with Crippen molar-refractivity contribution in [1.29, 1.82) is 0 Å². The van der Waals surface area contributed by atoms with Gasteiger partial charge in [-0.1, -0.05) is 29.8 Å². The van der Waals surface area contributed by atoms with Gasteiger partial charge in [-0.25, -0.2) is 0 Å². The minimum atomic E-state index is -0.170. The molecule has 1 unspecified atom stereocenters. The fraction of sp³-hybridized carbons (Fsp3) is 0.222. The summed E-state index contributed by atoms with van der Waals surface area (Å²) in [6.45, 7) is 0. The Kier molecular flexibility index (Phi) is 2.48. The molecule has 0 N–H and O–H groups in total. The summed E-state index contributed by atoms with van der Waals surface area (Å²) in [5.74, 6) is 0. The average molecular weight is 226 g/mol. The molecule has 0 saturated carbocycles. The lowest BCUT2D eigenvalue weighted by Gasteiger charge is -2.18. The lowest BCUT2D eigenvalue weighted by molar-refractivity contribution is 0.414. The van der Waals surface area contributed by atoms with Crippen molar-refractivity contribution in [1.82, 2.24) is 4.90 Å². The summed E-state index contributed by atoms with van der Waals surface area (Å²) in [5, 5.41) is 9.08. The second-order valence-corrected chi connectivity index (χ2v) is 3.78. The molecule has 1 aliphatic rings. The van der Waals surface area contributed by atoms with Crippen molar-refractivity contribution < 1.29 is 0 Å². The summed E-state index contributed by atoms with van der Waals surface area (Å²) in [7, 11) is 1.86. The van der Waals surface area contributed by atoms with Crippen molar-refractivity contribution in [2.45, 2.75) is 6.17 Å². The van der Waals surface area contributed by atoms with Crippen LogP contribution in [0.1, 0.15) is 11.7 Å². The molecule has 72 valence electrons. The molecule has 1 atom stereocenters. The second kappa shape index (κ2) is 3.63. The Morgan fingerprint density at radius 2 is 2.14 bits per heavy atom. The molecule has 0 aliphatic carbocycles. The highest BCUT2D eigenvalue weighted by Gasteiger charge is 2.25. The van der Waals surface area contributed by atoms with Crippen LogP contribution in [-0.2, 0) is 0 Å². The quantitative estimate of drug-likeness (QED) is 0.688. The van der Waals surface area contributed by atoms with Gasteiger partial charge in [0.15, 0.2) is 6.17 Å². The topological polar surface area (TPSA) is 28.0 Å². The molecule has 0 amide bonds. The van der Waals surface area contributed by atoms with E-state index in [0.29, 0.717) is 10.1 Å². The Hall–Kier alpha value is -1.00. The highest BCUT2D eigenvalue weighted by molar-refractivity contribution is 7.80. The van der Waals surface area contributed by atoms with Crippen LogP contribution in [0.25, 0.3) is 0 Å². The zero-order valence-corrected chi connectivity index (χ0v) is 9.09. The molecular weight excluding hydrogens is 218 g/mol. The van der Waals surface area contributed by atoms with E-state index < -0.39 is 0 Å². The number of benzene rings is 1. The van der Waals surface area contributed by atoms with Crippen LogP contribution >= 0.6 is 23.8 Å². The van der Waals surface area contributed by atoms with Gasteiger partial charge in [0.25, 0.3) is 0 Å². The third-order valence-electron chi connectivity index (χ3n) is 2.10. The monoisotopic (exact) mass is 225 g/mol. The highest BCUT2D eigenvalue weighted by atomic mass is 35.5. The molecule has 0 fully saturated rings. The van der Waals surface area contributed by atoms with Gasteiger partial charge in [0.1, 0.15) is 0 Å². The van der Waals surface area contributed by atoms with Crippen molar-refractivity contribution >= 4 is 28.9 Å². The van der Waals surface area contributed by atoms with Gasteiger partial charge in [0.2, 0.25) is 5.11 Å². The van der Waals surface area contributed by atoms with E-state index in [2.05, 4.69) is 10.2 Å². The Labute approximate surface area is 92.4 Å². The van der Waals surface area contributed by atoms with Crippen molar-refractivity contribution in [3.63, 3.8) is 0 Å². The van der Waals surface area contributed by atoms with Crippen LogP contribution in [0.4, 0.5) is 0 Å². The van der Waals surface area contributed by atoms with Crippen LogP contribution in [0, 0.1) is 0 Å². The maximum Gasteiger partial charge on any atom is 0.217 e. The Morgan fingerprint density at radius 3 is 2.71 bits per heavy atom. The number of thiocarbonyl (C=S) groups is 1. The van der Waals surface area contributed by atoms with E-state index in [1.54, 1.807) is 0 Å². The van der Waals surface area contributed by atoms with Crippen LogP contribution in [0.15, 0.2) is 34.5 Å². The minimum Gasteiger partial charge on any atom is -0.322 e. The van der Waals surface area contributed by atoms with Crippen LogP contribution in [-0.4, -0.2) is 17.1 Å². The Balaban J connectivity index is 2.38. The zero-order chi connectivity index (χ0) is 10.1. The second-order valence-electron chi connectivity index (χ2n) is 3.00. The van der Waals surface area contributed by atoms with E-state index in [-0.39, 0.29) is 6.17 Å². The molecule has 5 heteroatoms. The first-order valence-electron chi connectivity index (χ1n) is 4.12. The Morgan fingerprint density at radius 1 is 1.43 bits per heavy atom. The lowest BCUT2D eigenvalue weighted by atomic mass is 10.2. The summed E-state index contributed by atoms with van der Waals surface area (Å²) in [6, 6.07) is 7.57. The molecule has 1 aromatic carbocycles. The molecule has 0 bridgehead atoms. The fourth-order valence-corrected chi connectivity index (χ4v) is 1.69. The normalized spacial score (nSPS) is 20.6. The van der Waals surface area contributed by atoms with Gasteiger partial charge < -0.3 is 4.90 Å². The first-order valence-corrected chi connectivity index (χ1v) is 4.91. The lowest BCUT2D eigenvalue weighted by Crippen LogP contribution is -2.22. The molecule has 1 aliphatic heterocycles. The molecule has 2 rings (SSSR count). The predicted molar refractivity (Wildman–Crippen MR) is 59.4 cm³/mol. The minimum absolute atomic E-state index is 0.170. The SMILES string of the molecule is CN1C(=S)N=NC1c1ccccc1Cl. The van der Waals surface area contributed by atoms with Crippen molar-refractivity contribution in [2.24, 2.45) is 10.2 Å². The first kappa shape index (κ1) is 9.55. The first-order chi connectivity index (χ1) is 6.70. The third-order valence-corrected chi connectivity index (χ3v) is 2.82. The van der Waals surface area contributed by atoms with Gasteiger partial charge in [0, 0.05) is 17.6 Å². The van der Waals surface area contributed by atoms with E-state index in [1.807, 2.05) is 36.2 Å². The van der Waals surface area contributed by atoms with Gasteiger partial charge in [-0.05, 0) is 18.3 Å². The van der Waals surface area contributed by atoms with Gasteiger partial charge >= 0.3 is 0 Å². The summed E-state index contributed by atoms with van der Waals surface area (Å²) < 4.78 is 0. The molecule has 3 nitrogen and oxygen atoms in total. The number of nitrogens with zero attached hydrogens (tertiary/aromatic N) is 3. The molecule has 0 radical (unpaired) electrons. The number of rotatable bonds is 1. The van der Waals surface area contributed by atoms with Crippen molar-refractivity contribution in [3.8, 4) is 0 Å². The largest absolute Gasteiger partial charge is 0.322 e. The maximum atomic E-state index is 6.05. The summed E-state index contributed by atoms with van der Waals surface area (Å²) in [4.78, 5) is 1.82. The van der Waals surface area contributed by atoms with E-state index in [4.69, 9.17) is 23.8 Å². The van der Waals surface area contributed by atoms with Gasteiger partial charge in [-0.2, -0.15) is 5.11 Å². The van der Waals surface area contributed by atoms with Crippen LogP contribution in [0.3, 0.4) is 0 Å². The van der Waals surface area contributed by atoms with Crippen LogP contribution in [0.2, 0.25) is 5.02 Å². The standard InChI is InChI=1S/C9H8ClN3S/c1-13-8(11-12-9(13)14)6-4-2-3-5-7(6)10/h2-5,8H,1H3. The summed E-state index contributed by atoms with van der Waals surface area (Å²) >= 11 is 11.0. The molecule has 0 aromatic heterocycles. The van der Waals surface area contributed by atoms with Gasteiger partial charge in [0.05, 0.1) is 0 Å². The average Bonchev–Trinajstić information content (AvgIpc) is 2.49. The molecule has 1 heterocycles. The van der Waals surface area contributed by atoms with Crippen LogP contribution < -0.4 is 0 Å².